The molecular weight excluding hydrogens is 176 g/mol. The molecule has 0 aromatic heterocycles. The summed E-state index contributed by atoms with van der Waals surface area (Å²) in [5, 5.41) is 0. The van der Waals surface area contributed by atoms with Gasteiger partial charge in [0.15, 0.2) is 0 Å². The van der Waals surface area contributed by atoms with Crippen molar-refractivity contribution >= 4 is 5.97 Å². The van der Waals surface area contributed by atoms with Crippen molar-refractivity contribution in [3.05, 3.63) is 0 Å². The summed E-state index contributed by atoms with van der Waals surface area (Å²) in [6.07, 6.45) is 2.15. The number of methoxy groups -OCH3 is 1. The highest BCUT2D eigenvalue weighted by Crippen LogP contribution is 2.45. The molecule has 14 heavy (non-hydrogen) atoms. The third kappa shape index (κ3) is 2.28. The molecule has 0 bridgehead atoms. The Morgan fingerprint density at radius 1 is 1.29 bits per heavy atom. The summed E-state index contributed by atoms with van der Waals surface area (Å²) in [7, 11) is 1.49. The molecule has 2 heteroatoms. The fourth-order valence-electron chi connectivity index (χ4n) is 2.44. The van der Waals surface area contributed by atoms with Crippen LogP contribution in [0.4, 0.5) is 0 Å². The van der Waals surface area contributed by atoms with E-state index in [0.29, 0.717) is 17.3 Å². The van der Waals surface area contributed by atoms with Gasteiger partial charge < -0.3 is 4.74 Å². The van der Waals surface area contributed by atoms with E-state index in [1.54, 1.807) is 0 Å². The predicted octanol–water partition coefficient (Wildman–Crippen LogP) is 2.87. The average Bonchev–Trinajstić information content (AvgIpc) is 2.45. The molecule has 1 fully saturated rings. The number of rotatable bonds is 1. The summed E-state index contributed by atoms with van der Waals surface area (Å²) in [5.41, 5.74) is 0.316. The van der Waals surface area contributed by atoms with Crippen LogP contribution in [0, 0.1) is 23.2 Å². The van der Waals surface area contributed by atoms with Crippen LogP contribution in [0.1, 0.15) is 40.5 Å². The quantitative estimate of drug-likeness (QED) is 0.606. The second kappa shape index (κ2) is 3.92. The van der Waals surface area contributed by atoms with Crippen LogP contribution in [0.2, 0.25) is 0 Å². The first kappa shape index (κ1) is 11.5. The molecule has 0 aliphatic heterocycles. The third-order valence-corrected chi connectivity index (χ3v) is 3.61. The van der Waals surface area contributed by atoms with Crippen LogP contribution in [0.5, 0.6) is 0 Å². The second-order valence-electron chi connectivity index (χ2n) is 5.64. The maximum atomic E-state index is 11.5. The van der Waals surface area contributed by atoms with Crippen LogP contribution < -0.4 is 0 Å². The lowest BCUT2D eigenvalue weighted by atomic mass is 9.79. The fourth-order valence-corrected chi connectivity index (χ4v) is 2.44. The van der Waals surface area contributed by atoms with Crippen molar-refractivity contribution in [2.24, 2.45) is 23.2 Å². The van der Waals surface area contributed by atoms with Gasteiger partial charge in [0.05, 0.1) is 13.0 Å². The molecular formula is C12H22O2. The highest BCUT2D eigenvalue weighted by molar-refractivity contribution is 5.73. The van der Waals surface area contributed by atoms with E-state index in [0.717, 1.165) is 12.8 Å². The molecule has 0 aromatic carbocycles. The molecule has 0 radical (unpaired) electrons. The Kier molecular flexibility index (Phi) is 3.23. The van der Waals surface area contributed by atoms with Crippen molar-refractivity contribution in [1.82, 2.24) is 0 Å². The number of hydrogen-bond donors (Lipinski definition) is 0. The first-order valence-electron chi connectivity index (χ1n) is 5.44. The van der Waals surface area contributed by atoms with Gasteiger partial charge in [-0.05, 0) is 30.1 Å². The zero-order valence-corrected chi connectivity index (χ0v) is 9.96. The molecule has 3 atom stereocenters. The van der Waals surface area contributed by atoms with Crippen LogP contribution >= 0.6 is 0 Å². The van der Waals surface area contributed by atoms with Gasteiger partial charge in [0.1, 0.15) is 0 Å². The van der Waals surface area contributed by atoms with E-state index in [1.807, 2.05) is 0 Å². The Bertz CT molecular complexity index is 215. The van der Waals surface area contributed by atoms with E-state index in [4.69, 9.17) is 4.74 Å². The van der Waals surface area contributed by atoms with Crippen LogP contribution in [0.25, 0.3) is 0 Å². The molecule has 1 saturated carbocycles. The summed E-state index contributed by atoms with van der Waals surface area (Å²) < 4.78 is 4.83. The third-order valence-electron chi connectivity index (χ3n) is 3.61. The molecule has 1 aliphatic rings. The minimum absolute atomic E-state index is 0.0238. The monoisotopic (exact) mass is 198 g/mol. The topological polar surface area (TPSA) is 26.3 Å². The molecule has 82 valence electrons. The molecule has 2 nitrogen and oxygen atoms in total. The molecule has 1 rings (SSSR count). The second-order valence-corrected chi connectivity index (χ2v) is 5.64. The van der Waals surface area contributed by atoms with Gasteiger partial charge in [-0.25, -0.2) is 0 Å². The Hall–Kier alpha value is -0.530. The molecule has 0 aromatic rings. The molecule has 2 unspecified atom stereocenters. The minimum Gasteiger partial charge on any atom is -0.469 e. The molecule has 0 saturated heterocycles. The minimum atomic E-state index is -0.0238. The van der Waals surface area contributed by atoms with Crippen molar-refractivity contribution in [3.8, 4) is 0 Å². The largest absolute Gasteiger partial charge is 0.469 e. The Morgan fingerprint density at radius 3 is 2.21 bits per heavy atom. The normalized spacial score (nSPS) is 33.1. The number of hydrogen-bond acceptors (Lipinski definition) is 2. The molecule has 1 aliphatic carbocycles. The van der Waals surface area contributed by atoms with Crippen LogP contribution in [0.15, 0.2) is 0 Å². The van der Waals surface area contributed by atoms with Crippen LogP contribution in [0.3, 0.4) is 0 Å². The van der Waals surface area contributed by atoms with Gasteiger partial charge in [0.25, 0.3) is 0 Å². The Balaban J connectivity index is 2.65. The summed E-state index contributed by atoms with van der Waals surface area (Å²) in [5.74, 6) is 1.24. The van der Waals surface area contributed by atoms with Crippen molar-refractivity contribution in [2.45, 2.75) is 40.5 Å². The van der Waals surface area contributed by atoms with Gasteiger partial charge in [-0.15, -0.1) is 0 Å². The van der Waals surface area contributed by atoms with Crippen molar-refractivity contribution in [1.29, 1.82) is 0 Å². The van der Waals surface area contributed by atoms with Crippen molar-refractivity contribution in [3.63, 3.8) is 0 Å². The lowest BCUT2D eigenvalue weighted by Gasteiger charge is -2.26. The molecule has 0 amide bonds. The summed E-state index contributed by atoms with van der Waals surface area (Å²) >= 11 is 0. The smallest absolute Gasteiger partial charge is 0.308 e. The molecule has 0 heterocycles. The Labute approximate surface area is 87.0 Å². The summed E-state index contributed by atoms with van der Waals surface area (Å²) in [6.45, 7) is 8.92. The zero-order chi connectivity index (χ0) is 10.9. The van der Waals surface area contributed by atoms with E-state index in [2.05, 4.69) is 27.7 Å². The number of carbonyl (C=O) groups is 1. The SMILES string of the molecule is COC(=O)C1C[C@H](C(C)(C)C)CC1C. The van der Waals surface area contributed by atoms with Gasteiger partial charge in [-0.3, -0.25) is 4.79 Å². The first-order chi connectivity index (χ1) is 6.36. The van der Waals surface area contributed by atoms with Gasteiger partial charge >= 0.3 is 5.97 Å². The maximum absolute atomic E-state index is 11.5. The van der Waals surface area contributed by atoms with E-state index >= 15 is 0 Å². The standard InChI is InChI=1S/C12H22O2/c1-8-6-9(12(2,3)4)7-10(8)11(13)14-5/h8-10H,6-7H2,1-5H3/t8?,9-,10?/m1/s1. The Morgan fingerprint density at radius 2 is 1.86 bits per heavy atom. The maximum Gasteiger partial charge on any atom is 0.308 e. The van der Waals surface area contributed by atoms with Crippen molar-refractivity contribution < 1.29 is 9.53 Å². The number of carbonyl (C=O) groups excluding carboxylic acids is 1. The van der Waals surface area contributed by atoms with E-state index in [9.17, 15) is 4.79 Å². The average molecular weight is 198 g/mol. The van der Waals surface area contributed by atoms with E-state index in [1.165, 1.54) is 7.11 Å². The number of ether oxygens (including phenoxy) is 1. The highest BCUT2D eigenvalue weighted by atomic mass is 16.5. The van der Waals surface area contributed by atoms with Gasteiger partial charge in [-0.2, -0.15) is 0 Å². The first-order valence-corrected chi connectivity index (χ1v) is 5.44. The van der Waals surface area contributed by atoms with Crippen LogP contribution in [-0.2, 0) is 9.53 Å². The number of esters is 1. The lowest BCUT2D eigenvalue weighted by molar-refractivity contribution is -0.146. The highest BCUT2D eigenvalue weighted by Gasteiger charge is 2.41. The zero-order valence-electron chi connectivity index (χ0n) is 9.96. The fraction of sp³-hybridized carbons (Fsp3) is 0.917. The predicted molar refractivity (Wildman–Crippen MR) is 56.8 cm³/mol. The lowest BCUT2D eigenvalue weighted by Crippen LogP contribution is -2.20. The van der Waals surface area contributed by atoms with Gasteiger partial charge in [-0.1, -0.05) is 27.7 Å². The molecule has 0 spiro atoms. The summed E-state index contributed by atoms with van der Waals surface area (Å²) in [4.78, 5) is 11.5. The van der Waals surface area contributed by atoms with E-state index < -0.39 is 0 Å². The molecule has 0 N–H and O–H groups in total. The van der Waals surface area contributed by atoms with Crippen LogP contribution in [-0.4, -0.2) is 13.1 Å². The summed E-state index contributed by atoms with van der Waals surface area (Å²) in [6, 6.07) is 0. The van der Waals surface area contributed by atoms with Gasteiger partial charge in [0.2, 0.25) is 0 Å². The van der Waals surface area contributed by atoms with Crippen molar-refractivity contribution in [2.75, 3.05) is 7.11 Å². The van der Waals surface area contributed by atoms with Gasteiger partial charge in [0, 0.05) is 0 Å². The van der Waals surface area contributed by atoms with E-state index in [-0.39, 0.29) is 11.9 Å².